The third kappa shape index (κ3) is 5.83. The van der Waals surface area contributed by atoms with Crippen molar-refractivity contribution in [3.05, 3.63) is 10.6 Å². The average Bonchev–Trinajstić information content (AvgIpc) is 2.22. The normalized spacial score (nSPS) is 13.8. The Bertz CT molecular complexity index is 300. The molecule has 0 aliphatic heterocycles. The molecular formula is C15H29BrOSi. The van der Waals surface area contributed by atoms with Crippen LogP contribution in [-0.4, -0.2) is 13.5 Å². The van der Waals surface area contributed by atoms with E-state index >= 15 is 0 Å². The topological polar surface area (TPSA) is 17.1 Å². The summed E-state index contributed by atoms with van der Waals surface area (Å²) in [4.78, 5) is 12.4. The van der Waals surface area contributed by atoms with Gasteiger partial charge in [0.2, 0.25) is 0 Å². The summed E-state index contributed by atoms with van der Waals surface area (Å²) >= 11 is 3.55. The number of unbranched alkanes of at least 4 members (excludes halogenated alkanes) is 3. The molecule has 0 amide bonds. The molecule has 0 saturated heterocycles. The second kappa shape index (κ2) is 7.64. The van der Waals surface area contributed by atoms with Gasteiger partial charge in [0.25, 0.3) is 0 Å². The minimum atomic E-state index is -1.87. The van der Waals surface area contributed by atoms with Crippen LogP contribution in [0, 0.1) is 0 Å². The van der Waals surface area contributed by atoms with Crippen LogP contribution in [0.25, 0.3) is 0 Å². The van der Waals surface area contributed by atoms with Crippen molar-refractivity contribution in [2.24, 2.45) is 0 Å². The lowest BCUT2D eigenvalue weighted by molar-refractivity contribution is -0.108. The van der Waals surface area contributed by atoms with Crippen molar-refractivity contribution in [1.29, 1.82) is 0 Å². The number of rotatable bonds is 7. The monoisotopic (exact) mass is 332 g/mol. The summed E-state index contributed by atoms with van der Waals surface area (Å²) in [5.74, 6) is 0. The molecule has 0 bridgehead atoms. The summed E-state index contributed by atoms with van der Waals surface area (Å²) in [5.41, 5.74) is 0. The van der Waals surface area contributed by atoms with Gasteiger partial charge >= 0.3 is 0 Å². The van der Waals surface area contributed by atoms with Crippen LogP contribution >= 0.6 is 15.9 Å². The van der Waals surface area contributed by atoms with E-state index in [1.165, 1.54) is 25.7 Å². The quantitative estimate of drug-likeness (QED) is 0.324. The molecule has 106 valence electrons. The minimum absolute atomic E-state index is 0.121. The van der Waals surface area contributed by atoms with Gasteiger partial charge in [-0.3, -0.25) is 0 Å². The van der Waals surface area contributed by atoms with Gasteiger partial charge in [0.05, 0.1) is 0 Å². The first-order valence-electron chi connectivity index (χ1n) is 7.03. The van der Waals surface area contributed by atoms with E-state index in [2.05, 4.69) is 56.7 Å². The molecule has 0 spiro atoms. The molecule has 0 aliphatic rings. The number of allylic oxidation sites excluding steroid dienone is 2. The van der Waals surface area contributed by atoms with Crippen LogP contribution in [0.15, 0.2) is 10.6 Å². The number of carbonyl (C=O) groups is 1. The molecule has 0 heterocycles. The van der Waals surface area contributed by atoms with Gasteiger partial charge in [-0.25, -0.2) is 0 Å². The highest BCUT2D eigenvalue weighted by atomic mass is 79.9. The first kappa shape index (κ1) is 18.1. The predicted octanol–water partition coefficient (Wildman–Crippen LogP) is 5.85. The van der Waals surface area contributed by atoms with Gasteiger partial charge in [0.1, 0.15) is 13.5 Å². The van der Waals surface area contributed by atoms with Gasteiger partial charge in [0.15, 0.2) is 0 Å². The molecule has 0 rings (SSSR count). The van der Waals surface area contributed by atoms with Crippen LogP contribution in [0.5, 0.6) is 0 Å². The molecule has 3 heteroatoms. The molecule has 18 heavy (non-hydrogen) atoms. The lowest BCUT2D eigenvalue weighted by Crippen LogP contribution is -2.45. The van der Waals surface area contributed by atoms with Crippen LogP contribution in [0.4, 0.5) is 0 Å². The smallest absolute Gasteiger partial charge is 0.137 e. The summed E-state index contributed by atoms with van der Waals surface area (Å²) in [7, 11) is -1.87. The summed E-state index contributed by atoms with van der Waals surface area (Å²) in [5, 5.41) is 0.480. The molecule has 0 N–H and O–H groups in total. The van der Waals surface area contributed by atoms with Crippen molar-refractivity contribution >= 4 is 29.4 Å². The van der Waals surface area contributed by atoms with E-state index < -0.39 is 8.07 Å². The highest BCUT2D eigenvalue weighted by Gasteiger charge is 2.40. The molecule has 1 nitrogen and oxygen atoms in total. The van der Waals surface area contributed by atoms with Crippen molar-refractivity contribution in [2.75, 3.05) is 0 Å². The predicted molar refractivity (Wildman–Crippen MR) is 88.0 cm³/mol. The molecule has 0 radical (unpaired) electrons. The van der Waals surface area contributed by atoms with E-state index in [0.717, 1.165) is 10.9 Å². The van der Waals surface area contributed by atoms with Crippen molar-refractivity contribution in [3.8, 4) is 0 Å². The van der Waals surface area contributed by atoms with E-state index in [-0.39, 0.29) is 5.04 Å². The highest BCUT2D eigenvalue weighted by Crippen LogP contribution is 2.37. The van der Waals surface area contributed by atoms with E-state index in [4.69, 9.17) is 0 Å². The first-order chi connectivity index (χ1) is 8.13. The maximum absolute atomic E-state index is 12.4. The van der Waals surface area contributed by atoms with Gasteiger partial charge in [-0.1, -0.05) is 76.0 Å². The van der Waals surface area contributed by atoms with Gasteiger partial charge in [0, 0.05) is 0 Å². The Balaban J connectivity index is 4.44. The standard InChI is InChI=1S/C15H29BrOSi/c1-7-8-9-10-11-13(16)12-14(17)18(5,6)15(2,3)4/h12H,7-11H2,1-6H3/b13-12-. The zero-order valence-electron chi connectivity index (χ0n) is 12.9. The van der Waals surface area contributed by atoms with Gasteiger partial charge in [-0.15, -0.1) is 0 Å². The second-order valence-electron chi connectivity index (χ2n) is 6.64. The van der Waals surface area contributed by atoms with Crippen LogP contribution in [0.3, 0.4) is 0 Å². The molecule has 0 atom stereocenters. The highest BCUT2D eigenvalue weighted by molar-refractivity contribution is 9.11. The van der Waals surface area contributed by atoms with Gasteiger partial charge < -0.3 is 4.79 Å². The molecule has 0 aromatic carbocycles. The Kier molecular flexibility index (Phi) is 7.68. The van der Waals surface area contributed by atoms with E-state index in [0.29, 0.717) is 5.41 Å². The molecule has 0 aromatic heterocycles. The maximum Gasteiger partial charge on any atom is 0.137 e. The average molecular weight is 333 g/mol. The van der Waals surface area contributed by atoms with E-state index in [1.807, 2.05) is 6.08 Å². The van der Waals surface area contributed by atoms with Crippen molar-refractivity contribution in [1.82, 2.24) is 0 Å². The second-order valence-corrected chi connectivity index (χ2v) is 12.9. The molecule has 0 unspecified atom stereocenters. The Morgan fingerprint density at radius 1 is 1.17 bits per heavy atom. The Morgan fingerprint density at radius 3 is 2.17 bits per heavy atom. The lowest BCUT2D eigenvalue weighted by Gasteiger charge is -2.34. The van der Waals surface area contributed by atoms with E-state index in [9.17, 15) is 4.79 Å². The van der Waals surface area contributed by atoms with Crippen molar-refractivity contribution in [2.45, 2.75) is 77.9 Å². The van der Waals surface area contributed by atoms with Crippen molar-refractivity contribution < 1.29 is 4.79 Å². The van der Waals surface area contributed by atoms with Crippen molar-refractivity contribution in [3.63, 3.8) is 0 Å². The molecular weight excluding hydrogens is 304 g/mol. The zero-order valence-corrected chi connectivity index (χ0v) is 15.5. The van der Waals surface area contributed by atoms with Crippen LogP contribution < -0.4 is 0 Å². The SMILES string of the molecule is CCCCCC/C(Br)=C/C(=O)[Si](C)(C)C(C)(C)C. The number of hydrogen-bond acceptors (Lipinski definition) is 1. The van der Waals surface area contributed by atoms with Crippen LogP contribution in [0.1, 0.15) is 59.8 Å². The zero-order chi connectivity index (χ0) is 14.4. The fourth-order valence-electron chi connectivity index (χ4n) is 1.49. The third-order valence-electron chi connectivity index (χ3n) is 4.05. The Morgan fingerprint density at radius 2 is 1.72 bits per heavy atom. The molecule has 0 fully saturated rings. The van der Waals surface area contributed by atoms with E-state index in [1.54, 1.807) is 0 Å². The largest absolute Gasteiger partial charge is 0.301 e. The fourth-order valence-corrected chi connectivity index (χ4v) is 3.46. The molecule has 0 aliphatic carbocycles. The van der Waals surface area contributed by atoms with Crippen LogP contribution in [0.2, 0.25) is 18.1 Å². The third-order valence-corrected chi connectivity index (χ3v) is 9.80. The minimum Gasteiger partial charge on any atom is -0.301 e. The Hall–Kier alpha value is 0.107. The number of carbonyl (C=O) groups excluding carboxylic acids is 1. The molecule has 0 saturated carbocycles. The first-order valence-corrected chi connectivity index (χ1v) is 10.8. The number of hydrogen-bond donors (Lipinski definition) is 0. The van der Waals surface area contributed by atoms with Gasteiger partial charge in [-0.2, -0.15) is 0 Å². The Labute approximate surface area is 123 Å². The van der Waals surface area contributed by atoms with Crippen LogP contribution in [-0.2, 0) is 4.79 Å². The summed E-state index contributed by atoms with van der Waals surface area (Å²) in [6, 6.07) is 0. The summed E-state index contributed by atoms with van der Waals surface area (Å²) in [6.07, 6.45) is 7.83. The van der Waals surface area contributed by atoms with Gasteiger partial charge in [-0.05, 0) is 28.4 Å². The fraction of sp³-hybridized carbons (Fsp3) is 0.800. The molecule has 0 aromatic rings. The maximum atomic E-state index is 12.4. The lowest BCUT2D eigenvalue weighted by atomic mass is 10.1. The summed E-state index contributed by atoms with van der Waals surface area (Å²) < 4.78 is 1.08. The summed E-state index contributed by atoms with van der Waals surface area (Å²) in [6.45, 7) is 13.1. The number of halogens is 1.